The lowest BCUT2D eigenvalue weighted by molar-refractivity contribution is 0.180. The van der Waals surface area contributed by atoms with Gasteiger partial charge in [0.05, 0.1) is 6.10 Å². The third-order valence-electron chi connectivity index (χ3n) is 2.81. The van der Waals surface area contributed by atoms with E-state index < -0.39 is 0 Å². The summed E-state index contributed by atoms with van der Waals surface area (Å²) in [5.74, 6) is 0. The molecule has 1 aromatic rings. The van der Waals surface area contributed by atoms with Crippen LogP contribution in [-0.2, 0) is 6.42 Å². The first-order chi connectivity index (χ1) is 7.79. The van der Waals surface area contributed by atoms with Gasteiger partial charge in [-0.05, 0) is 37.8 Å². The van der Waals surface area contributed by atoms with Crippen molar-refractivity contribution in [3.63, 3.8) is 0 Å². The predicted octanol–water partition coefficient (Wildman–Crippen LogP) is 3.35. The third-order valence-corrected chi connectivity index (χ3v) is 2.81. The van der Waals surface area contributed by atoms with E-state index in [1.807, 2.05) is 25.4 Å². The third kappa shape index (κ3) is 6.57. The summed E-state index contributed by atoms with van der Waals surface area (Å²) in [6, 6.07) is 4.14. The quantitative estimate of drug-likeness (QED) is 0.683. The summed E-state index contributed by atoms with van der Waals surface area (Å²) >= 11 is 0. The Morgan fingerprint density at radius 1 is 1.19 bits per heavy atom. The lowest BCUT2D eigenvalue weighted by Crippen LogP contribution is -1.98. The molecule has 0 bridgehead atoms. The average Bonchev–Trinajstić information content (AvgIpc) is 2.29. The summed E-state index contributed by atoms with van der Waals surface area (Å²) in [5, 5.41) is 9.10. The number of aromatic nitrogens is 1. The van der Waals surface area contributed by atoms with Crippen molar-refractivity contribution in [1.82, 2.24) is 4.98 Å². The fraction of sp³-hybridized carbons (Fsp3) is 0.643. The minimum absolute atomic E-state index is 0.129. The average molecular weight is 221 g/mol. The minimum Gasteiger partial charge on any atom is -0.393 e. The van der Waals surface area contributed by atoms with Crippen molar-refractivity contribution in [2.24, 2.45) is 0 Å². The van der Waals surface area contributed by atoms with Gasteiger partial charge in [-0.1, -0.05) is 31.7 Å². The Kier molecular flexibility index (Phi) is 6.82. The Labute approximate surface area is 98.7 Å². The maximum Gasteiger partial charge on any atom is 0.0512 e. The highest BCUT2D eigenvalue weighted by Gasteiger charge is 1.96. The summed E-state index contributed by atoms with van der Waals surface area (Å²) in [5.41, 5.74) is 1.34. The first-order valence-corrected chi connectivity index (χ1v) is 6.36. The largest absolute Gasteiger partial charge is 0.393 e. The van der Waals surface area contributed by atoms with Crippen LogP contribution in [0.3, 0.4) is 0 Å². The number of aliphatic hydroxyl groups excluding tert-OH is 1. The number of aryl methyl sites for hydroxylation is 1. The molecule has 0 fully saturated rings. The van der Waals surface area contributed by atoms with Gasteiger partial charge in [0.2, 0.25) is 0 Å². The standard InChI is InChI=1S/C14H23NO/c1-13(16)8-5-3-2-4-6-9-14-10-7-11-15-12-14/h7,10-13,16H,2-6,8-9H2,1H3. The zero-order valence-electron chi connectivity index (χ0n) is 10.2. The van der Waals surface area contributed by atoms with Gasteiger partial charge < -0.3 is 5.11 Å². The van der Waals surface area contributed by atoms with E-state index in [1.165, 1.54) is 31.2 Å². The molecule has 1 heterocycles. The van der Waals surface area contributed by atoms with Crippen LogP contribution in [0.5, 0.6) is 0 Å². The van der Waals surface area contributed by atoms with Gasteiger partial charge in [-0.15, -0.1) is 0 Å². The van der Waals surface area contributed by atoms with Gasteiger partial charge >= 0.3 is 0 Å². The van der Waals surface area contributed by atoms with Crippen molar-refractivity contribution in [1.29, 1.82) is 0 Å². The van der Waals surface area contributed by atoms with Crippen LogP contribution in [0.1, 0.15) is 51.0 Å². The Hall–Kier alpha value is -0.890. The van der Waals surface area contributed by atoms with E-state index in [-0.39, 0.29) is 6.10 Å². The first kappa shape index (κ1) is 13.2. The molecule has 0 radical (unpaired) electrons. The lowest BCUT2D eigenvalue weighted by Gasteiger charge is -2.04. The summed E-state index contributed by atoms with van der Waals surface area (Å²) in [7, 11) is 0. The van der Waals surface area contributed by atoms with Crippen molar-refractivity contribution in [3.05, 3.63) is 30.1 Å². The van der Waals surface area contributed by atoms with Gasteiger partial charge in [-0.25, -0.2) is 0 Å². The monoisotopic (exact) mass is 221 g/mol. The Balaban J connectivity index is 1.93. The molecule has 0 spiro atoms. The highest BCUT2D eigenvalue weighted by molar-refractivity contribution is 5.08. The molecule has 2 heteroatoms. The molecule has 1 aromatic heterocycles. The second-order valence-electron chi connectivity index (χ2n) is 4.52. The molecule has 1 N–H and O–H groups in total. The zero-order chi connectivity index (χ0) is 11.6. The molecule has 16 heavy (non-hydrogen) atoms. The fourth-order valence-corrected chi connectivity index (χ4v) is 1.85. The highest BCUT2D eigenvalue weighted by atomic mass is 16.3. The Morgan fingerprint density at radius 2 is 1.94 bits per heavy atom. The number of rotatable bonds is 8. The molecule has 2 nitrogen and oxygen atoms in total. The Morgan fingerprint density at radius 3 is 2.62 bits per heavy atom. The molecule has 0 aliphatic heterocycles. The molecule has 1 rings (SSSR count). The first-order valence-electron chi connectivity index (χ1n) is 6.36. The Bertz CT molecular complexity index is 259. The van der Waals surface area contributed by atoms with Gasteiger partial charge in [-0.2, -0.15) is 0 Å². The van der Waals surface area contributed by atoms with E-state index in [0.29, 0.717) is 0 Å². The SMILES string of the molecule is CC(O)CCCCCCCc1cccnc1. The number of aliphatic hydroxyl groups is 1. The molecule has 1 atom stereocenters. The van der Waals surface area contributed by atoms with E-state index >= 15 is 0 Å². The number of unbranched alkanes of at least 4 members (excludes halogenated alkanes) is 4. The van der Waals surface area contributed by atoms with Crippen molar-refractivity contribution in [2.45, 2.75) is 58.0 Å². The van der Waals surface area contributed by atoms with Crippen LogP contribution in [-0.4, -0.2) is 16.2 Å². The van der Waals surface area contributed by atoms with Gasteiger partial charge in [-0.3, -0.25) is 4.98 Å². The van der Waals surface area contributed by atoms with Gasteiger partial charge in [0.25, 0.3) is 0 Å². The second-order valence-corrected chi connectivity index (χ2v) is 4.52. The van der Waals surface area contributed by atoms with Crippen LogP contribution in [0.2, 0.25) is 0 Å². The van der Waals surface area contributed by atoms with Crippen LogP contribution >= 0.6 is 0 Å². The van der Waals surface area contributed by atoms with E-state index in [1.54, 1.807) is 0 Å². The van der Waals surface area contributed by atoms with Crippen LogP contribution in [0, 0.1) is 0 Å². The lowest BCUT2D eigenvalue weighted by atomic mass is 10.1. The van der Waals surface area contributed by atoms with E-state index in [2.05, 4.69) is 11.1 Å². The molecule has 0 aliphatic carbocycles. The second kappa shape index (κ2) is 8.28. The minimum atomic E-state index is -0.129. The van der Waals surface area contributed by atoms with Gasteiger partial charge in [0, 0.05) is 12.4 Å². The van der Waals surface area contributed by atoms with Crippen molar-refractivity contribution >= 4 is 0 Å². The molecular weight excluding hydrogens is 198 g/mol. The molecule has 0 saturated carbocycles. The molecule has 0 amide bonds. The normalized spacial score (nSPS) is 12.6. The van der Waals surface area contributed by atoms with Crippen LogP contribution in [0.4, 0.5) is 0 Å². The van der Waals surface area contributed by atoms with Crippen molar-refractivity contribution < 1.29 is 5.11 Å². The number of hydrogen-bond acceptors (Lipinski definition) is 2. The summed E-state index contributed by atoms with van der Waals surface area (Å²) < 4.78 is 0. The molecule has 90 valence electrons. The molecule has 0 aliphatic rings. The predicted molar refractivity (Wildman–Crippen MR) is 67.3 cm³/mol. The van der Waals surface area contributed by atoms with Crippen molar-refractivity contribution in [2.75, 3.05) is 0 Å². The van der Waals surface area contributed by atoms with E-state index in [0.717, 1.165) is 19.3 Å². The fourth-order valence-electron chi connectivity index (χ4n) is 1.85. The van der Waals surface area contributed by atoms with E-state index in [4.69, 9.17) is 5.11 Å². The molecule has 1 unspecified atom stereocenters. The highest BCUT2D eigenvalue weighted by Crippen LogP contribution is 2.09. The summed E-state index contributed by atoms with van der Waals surface area (Å²) in [6.07, 6.45) is 12.0. The van der Waals surface area contributed by atoms with Crippen molar-refractivity contribution in [3.8, 4) is 0 Å². The van der Waals surface area contributed by atoms with Crippen LogP contribution in [0.15, 0.2) is 24.5 Å². The van der Waals surface area contributed by atoms with E-state index in [9.17, 15) is 0 Å². The van der Waals surface area contributed by atoms with Gasteiger partial charge in [0.15, 0.2) is 0 Å². The maximum atomic E-state index is 9.10. The maximum absolute atomic E-state index is 9.10. The number of hydrogen-bond donors (Lipinski definition) is 1. The van der Waals surface area contributed by atoms with Gasteiger partial charge in [0.1, 0.15) is 0 Å². The summed E-state index contributed by atoms with van der Waals surface area (Å²) in [6.45, 7) is 1.86. The number of nitrogens with zero attached hydrogens (tertiary/aromatic N) is 1. The summed E-state index contributed by atoms with van der Waals surface area (Å²) in [4.78, 5) is 4.10. The van der Waals surface area contributed by atoms with Crippen LogP contribution in [0.25, 0.3) is 0 Å². The smallest absolute Gasteiger partial charge is 0.0512 e. The van der Waals surface area contributed by atoms with Crippen LogP contribution < -0.4 is 0 Å². The number of pyridine rings is 1. The molecule has 0 saturated heterocycles. The topological polar surface area (TPSA) is 33.1 Å². The zero-order valence-corrected chi connectivity index (χ0v) is 10.2. The molecule has 0 aromatic carbocycles. The molecular formula is C14H23NO.